The molecule has 2 heterocycles. The Morgan fingerprint density at radius 3 is 2.00 bits per heavy atom. The first-order chi connectivity index (χ1) is 12.9. The van der Waals surface area contributed by atoms with Crippen LogP contribution in [-0.4, -0.2) is 26.5 Å². The lowest BCUT2D eigenvalue weighted by Gasteiger charge is -2.14. The van der Waals surface area contributed by atoms with Crippen LogP contribution in [0.15, 0.2) is 48.5 Å². The van der Waals surface area contributed by atoms with Gasteiger partial charge in [-0.2, -0.15) is 5.10 Å². The van der Waals surface area contributed by atoms with E-state index in [0.717, 1.165) is 4.90 Å². The number of fused-ring (bicyclic) bond motifs is 1. The molecular weight excluding hydrogens is 348 g/mol. The van der Waals surface area contributed by atoms with Gasteiger partial charge in [-0.25, -0.2) is 9.58 Å². The van der Waals surface area contributed by atoms with Crippen molar-refractivity contribution >= 4 is 23.2 Å². The molecule has 1 aliphatic rings. The molecule has 4 rings (SSSR count). The number of benzene rings is 2. The Kier molecular flexibility index (Phi) is 3.62. The molecule has 0 unspecified atom stereocenters. The largest absolute Gasteiger partial charge is 0.269 e. The van der Waals surface area contributed by atoms with Crippen LogP contribution in [0.1, 0.15) is 32.1 Å². The first kappa shape index (κ1) is 16.6. The number of aryl methyl sites for hydroxylation is 1. The molecule has 134 valence electrons. The minimum absolute atomic E-state index is 0.0270. The standard InChI is InChI=1S/C19H14N4O4/c1-11-17(21-18(24)15-5-3-4-6-16(15)19(21)25)12(2)22(20-11)13-7-9-14(10-8-13)23(26)27/h3-10H,1-2H3. The molecule has 1 aliphatic heterocycles. The molecule has 2 aromatic carbocycles. The van der Waals surface area contributed by atoms with Gasteiger partial charge >= 0.3 is 0 Å². The Morgan fingerprint density at radius 2 is 1.48 bits per heavy atom. The number of rotatable bonds is 3. The summed E-state index contributed by atoms with van der Waals surface area (Å²) in [6, 6.07) is 12.6. The van der Waals surface area contributed by atoms with E-state index in [9.17, 15) is 19.7 Å². The van der Waals surface area contributed by atoms with Gasteiger partial charge in [-0.05, 0) is 38.1 Å². The maximum absolute atomic E-state index is 12.8. The van der Waals surface area contributed by atoms with E-state index in [1.807, 2.05) is 0 Å². The predicted molar refractivity (Wildman–Crippen MR) is 97.3 cm³/mol. The summed E-state index contributed by atoms with van der Waals surface area (Å²) in [4.78, 5) is 37.0. The minimum atomic E-state index is -0.477. The molecule has 0 atom stereocenters. The van der Waals surface area contributed by atoms with Gasteiger partial charge in [0.2, 0.25) is 0 Å². The van der Waals surface area contributed by atoms with Crippen molar-refractivity contribution in [2.75, 3.05) is 4.90 Å². The van der Waals surface area contributed by atoms with Crippen LogP contribution >= 0.6 is 0 Å². The number of imide groups is 1. The van der Waals surface area contributed by atoms with Crippen molar-refractivity contribution in [2.45, 2.75) is 13.8 Å². The smallest absolute Gasteiger partial charge is 0.268 e. The maximum Gasteiger partial charge on any atom is 0.269 e. The second kappa shape index (κ2) is 5.87. The summed E-state index contributed by atoms with van der Waals surface area (Å²) in [7, 11) is 0. The number of non-ortho nitro benzene ring substituents is 1. The Bertz CT molecular complexity index is 1080. The van der Waals surface area contributed by atoms with Gasteiger partial charge in [0.05, 0.1) is 38.8 Å². The molecule has 0 saturated carbocycles. The fourth-order valence-electron chi connectivity index (χ4n) is 3.32. The molecule has 8 nitrogen and oxygen atoms in total. The highest BCUT2D eigenvalue weighted by Crippen LogP contribution is 2.34. The van der Waals surface area contributed by atoms with Gasteiger partial charge in [-0.15, -0.1) is 0 Å². The number of nitro benzene ring substituents is 1. The third-order valence-corrected chi connectivity index (χ3v) is 4.58. The zero-order valence-electron chi connectivity index (χ0n) is 14.5. The monoisotopic (exact) mass is 362 g/mol. The molecular formula is C19H14N4O4. The highest BCUT2D eigenvalue weighted by atomic mass is 16.6. The van der Waals surface area contributed by atoms with Gasteiger partial charge < -0.3 is 0 Å². The second-order valence-electron chi connectivity index (χ2n) is 6.20. The normalized spacial score (nSPS) is 13.2. The van der Waals surface area contributed by atoms with Crippen LogP contribution in [0.2, 0.25) is 0 Å². The van der Waals surface area contributed by atoms with Crippen LogP contribution in [0.3, 0.4) is 0 Å². The predicted octanol–water partition coefficient (Wildman–Crippen LogP) is 3.20. The maximum atomic E-state index is 12.8. The van der Waals surface area contributed by atoms with Gasteiger partial charge in [0.1, 0.15) is 0 Å². The van der Waals surface area contributed by atoms with Crippen LogP contribution in [-0.2, 0) is 0 Å². The zero-order chi connectivity index (χ0) is 19.3. The Labute approximate surface area is 153 Å². The molecule has 0 radical (unpaired) electrons. The number of nitro groups is 1. The fraction of sp³-hybridized carbons (Fsp3) is 0.105. The SMILES string of the molecule is Cc1nn(-c2ccc([N+](=O)[O-])cc2)c(C)c1N1C(=O)c2ccccc2C1=O. The summed E-state index contributed by atoms with van der Waals surface area (Å²) in [6.45, 7) is 3.47. The van der Waals surface area contributed by atoms with Crippen molar-refractivity contribution in [3.8, 4) is 5.69 Å². The molecule has 1 aromatic heterocycles. The molecule has 0 fully saturated rings. The van der Waals surface area contributed by atoms with Gasteiger partial charge in [-0.3, -0.25) is 19.7 Å². The van der Waals surface area contributed by atoms with Crippen molar-refractivity contribution in [2.24, 2.45) is 0 Å². The number of hydrogen-bond donors (Lipinski definition) is 0. The van der Waals surface area contributed by atoms with E-state index in [0.29, 0.717) is 33.9 Å². The fourth-order valence-corrected chi connectivity index (χ4v) is 3.32. The first-order valence-electron chi connectivity index (χ1n) is 8.19. The van der Waals surface area contributed by atoms with Gasteiger partial charge in [0.25, 0.3) is 17.5 Å². The van der Waals surface area contributed by atoms with E-state index in [4.69, 9.17) is 0 Å². The van der Waals surface area contributed by atoms with Gasteiger partial charge in [0.15, 0.2) is 0 Å². The quantitative estimate of drug-likeness (QED) is 0.405. The molecule has 3 aromatic rings. The van der Waals surface area contributed by atoms with Crippen LogP contribution in [0.25, 0.3) is 5.69 Å². The topological polar surface area (TPSA) is 98.3 Å². The molecule has 0 N–H and O–H groups in total. The molecule has 27 heavy (non-hydrogen) atoms. The zero-order valence-corrected chi connectivity index (χ0v) is 14.5. The minimum Gasteiger partial charge on any atom is -0.268 e. The molecule has 8 heteroatoms. The summed E-state index contributed by atoms with van der Waals surface area (Å²) >= 11 is 0. The molecule has 0 bridgehead atoms. The first-order valence-corrected chi connectivity index (χ1v) is 8.19. The lowest BCUT2D eigenvalue weighted by atomic mass is 10.1. The number of anilines is 1. The summed E-state index contributed by atoms with van der Waals surface area (Å²) in [6.07, 6.45) is 0. The number of amides is 2. The van der Waals surface area contributed by atoms with Gasteiger partial charge in [-0.1, -0.05) is 12.1 Å². The summed E-state index contributed by atoms with van der Waals surface area (Å²) in [5.74, 6) is -0.768. The molecule has 2 amide bonds. The Morgan fingerprint density at radius 1 is 0.926 bits per heavy atom. The van der Waals surface area contributed by atoms with E-state index < -0.39 is 4.92 Å². The van der Waals surface area contributed by atoms with Crippen molar-refractivity contribution in [3.63, 3.8) is 0 Å². The van der Waals surface area contributed by atoms with E-state index in [-0.39, 0.29) is 17.5 Å². The lowest BCUT2D eigenvalue weighted by molar-refractivity contribution is -0.384. The van der Waals surface area contributed by atoms with Crippen LogP contribution in [0.4, 0.5) is 11.4 Å². The van der Waals surface area contributed by atoms with E-state index in [1.165, 1.54) is 12.1 Å². The number of hydrogen-bond acceptors (Lipinski definition) is 5. The third kappa shape index (κ3) is 2.42. The van der Waals surface area contributed by atoms with Crippen molar-refractivity contribution < 1.29 is 14.5 Å². The van der Waals surface area contributed by atoms with Crippen LogP contribution in [0, 0.1) is 24.0 Å². The number of aromatic nitrogens is 2. The average Bonchev–Trinajstić information content (AvgIpc) is 3.09. The summed E-state index contributed by atoms with van der Waals surface area (Å²) in [5.41, 5.74) is 2.84. The number of carbonyl (C=O) groups is 2. The molecule has 0 spiro atoms. The van der Waals surface area contributed by atoms with Crippen LogP contribution in [0.5, 0.6) is 0 Å². The molecule has 0 aliphatic carbocycles. The third-order valence-electron chi connectivity index (χ3n) is 4.58. The highest BCUT2D eigenvalue weighted by Gasteiger charge is 2.39. The van der Waals surface area contributed by atoms with Crippen molar-refractivity contribution in [1.82, 2.24) is 9.78 Å². The second-order valence-corrected chi connectivity index (χ2v) is 6.20. The summed E-state index contributed by atoms with van der Waals surface area (Å²) in [5, 5.41) is 15.3. The Hall–Kier alpha value is -3.81. The van der Waals surface area contributed by atoms with E-state index in [1.54, 1.807) is 54.9 Å². The van der Waals surface area contributed by atoms with Crippen LogP contribution < -0.4 is 4.90 Å². The molecule has 0 saturated heterocycles. The van der Waals surface area contributed by atoms with Crippen molar-refractivity contribution in [3.05, 3.63) is 81.2 Å². The van der Waals surface area contributed by atoms with E-state index >= 15 is 0 Å². The summed E-state index contributed by atoms with van der Waals surface area (Å²) < 4.78 is 1.57. The number of nitrogens with zero attached hydrogens (tertiary/aromatic N) is 4. The van der Waals surface area contributed by atoms with Gasteiger partial charge in [0, 0.05) is 12.1 Å². The lowest BCUT2D eigenvalue weighted by Crippen LogP contribution is -2.30. The average molecular weight is 362 g/mol. The Balaban J connectivity index is 1.80. The number of carbonyl (C=O) groups excluding carboxylic acids is 2. The van der Waals surface area contributed by atoms with Crippen molar-refractivity contribution in [1.29, 1.82) is 0 Å². The van der Waals surface area contributed by atoms with E-state index in [2.05, 4.69) is 5.10 Å². The highest BCUT2D eigenvalue weighted by molar-refractivity contribution is 6.34.